The number of nitrogens with two attached hydrogens (primary N) is 1. The molecule has 3 heterocycles. The number of benzene rings is 1. The van der Waals surface area contributed by atoms with Crippen LogP contribution in [0.25, 0.3) is 11.4 Å². The molecular formula is C15H15N7O4S2. The van der Waals surface area contributed by atoms with Gasteiger partial charge in [0.15, 0.2) is 15.7 Å². The van der Waals surface area contributed by atoms with Crippen LogP contribution in [0, 0.1) is 0 Å². The largest absolute Gasteiger partial charge is 0.325 e. The second kappa shape index (κ2) is 6.32. The number of pyridine rings is 1. The highest BCUT2D eigenvalue weighted by atomic mass is 32.2. The average Bonchev–Trinajstić information content (AvgIpc) is 3.28. The number of sulfonamides is 1. The number of aromatic nitrogens is 5. The number of tetrazole rings is 1. The van der Waals surface area contributed by atoms with Crippen molar-refractivity contribution in [2.24, 2.45) is 5.14 Å². The summed E-state index contributed by atoms with van der Waals surface area (Å²) < 4.78 is 49.3. The predicted molar refractivity (Wildman–Crippen MR) is 99.0 cm³/mol. The molecule has 4 rings (SSSR count). The fourth-order valence-electron chi connectivity index (χ4n) is 3.29. The number of hydrogen-bond donors (Lipinski definition) is 2. The smallest absolute Gasteiger partial charge is 0.240 e. The summed E-state index contributed by atoms with van der Waals surface area (Å²) in [6.07, 6.45) is 3.22. The number of aromatic amines is 1. The molecule has 1 aliphatic rings. The Kier molecular flexibility index (Phi) is 4.17. The lowest BCUT2D eigenvalue weighted by Gasteiger charge is -2.23. The summed E-state index contributed by atoms with van der Waals surface area (Å²) in [5.74, 6) is 0.623. The van der Waals surface area contributed by atoms with Crippen molar-refractivity contribution in [1.29, 1.82) is 0 Å². The molecule has 0 unspecified atom stereocenters. The first-order chi connectivity index (χ1) is 13.2. The second-order valence-corrected chi connectivity index (χ2v) is 9.72. The molecular weight excluding hydrogens is 406 g/mol. The zero-order chi connectivity index (χ0) is 20.1. The monoisotopic (exact) mass is 421 g/mol. The van der Waals surface area contributed by atoms with Gasteiger partial charge in [0.1, 0.15) is 10.7 Å². The van der Waals surface area contributed by atoms with E-state index in [9.17, 15) is 16.8 Å². The molecule has 0 radical (unpaired) electrons. The van der Waals surface area contributed by atoms with Gasteiger partial charge in [-0.3, -0.25) is 0 Å². The molecule has 1 aliphatic heterocycles. The Balaban J connectivity index is 2.10. The molecule has 146 valence electrons. The standard InChI is InChI=1S/C15H15N7O4S2/c1-27(23,24)11-5-4-10(22-8-6-9-3-2-7-17-15(9)22)12(13(11)28(16,25)26)14-18-20-21-19-14/h2-5,7H,6,8H2,1H3,(H2,16,25,26)(H,18,19,20,21). The summed E-state index contributed by atoms with van der Waals surface area (Å²) in [4.78, 5) is 5.17. The maximum Gasteiger partial charge on any atom is 0.240 e. The summed E-state index contributed by atoms with van der Waals surface area (Å²) in [6, 6.07) is 6.46. The van der Waals surface area contributed by atoms with Gasteiger partial charge in [-0.1, -0.05) is 6.07 Å². The van der Waals surface area contributed by atoms with Crippen molar-refractivity contribution in [2.45, 2.75) is 16.2 Å². The van der Waals surface area contributed by atoms with Crippen LogP contribution < -0.4 is 10.0 Å². The van der Waals surface area contributed by atoms with Gasteiger partial charge in [-0.15, -0.1) is 5.10 Å². The molecule has 0 saturated carbocycles. The Morgan fingerprint density at radius 1 is 1.18 bits per heavy atom. The first kappa shape index (κ1) is 18.5. The number of primary sulfonamides is 1. The number of nitrogens with one attached hydrogen (secondary N) is 1. The lowest BCUT2D eigenvalue weighted by molar-refractivity contribution is 0.586. The molecule has 0 saturated heterocycles. The SMILES string of the molecule is CS(=O)(=O)c1ccc(N2CCc3cccnc32)c(-c2nnn[nH]2)c1S(N)(=O)=O. The third-order valence-electron chi connectivity index (χ3n) is 4.38. The van der Waals surface area contributed by atoms with Crippen LogP contribution in [0.15, 0.2) is 40.3 Å². The average molecular weight is 421 g/mol. The van der Waals surface area contributed by atoms with Gasteiger partial charge in [-0.2, -0.15) is 0 Å². The number of rotatable bonds is 4. The van der Waals surface area contributed by atoms with Crippen molar-refractivity contribution in [1.82, 2.24) is 25.6 Å². The number of nitrogens with zero attached hydrogens (tertiary/aromatic N) is 5. The summed E-state index contributed by atoms with van der Waals surface area (Å²) in [5.41, 5.74) is 1.34. The van der Waals surface area contributed by atoms with Gasteiger partial charge in [0.2, 0.25) is 10.0 Å². The summed E-state index contributed by atoms with van der Waals surface area (Å²) >= 11 is 0. The molecule has 28 heavy (non-hydrogen) atoms. The number of hydrogen-bond acceptors (Lipinski definition) is 9. The molecule has 1 aromatic carbocycles. The van der Waals surface area contributed by atoms with Crippen molar-refractivity contribution in [3.05, 3.63) is 36.0 Å². The van der Waals surface area contributed by atoms with Crippen molar-refractivity contribution >= 4 is 31.4 Å². The third kappa shape index (κ3) is 3.02. The Bertz CT molecular complexity index is 1270. The molecule has 13 heteroatoms. The molecule has 0 aliphatic carbocycles. The van der Waals surface area contributed by atoms with Crippen LogP contribution in [0.2, 0.25) is 0 Å². The van der Waals surface area contributed by atoms with Gasteiger partial charge >= 0.3 is 0 Å². The number of anilines is 2. The zero-order valence-corrected chi connectivity index (χ0v) is 16.2. The van der Waals surface area contributed by atoms with Crippen LogP contribution in [0.3, 0.4) is 0 Å². The van der Waals surface area contributed by atoms with E-state index in [4.69, 9.17) is 5.14 Å². The first-order valence-electron chi connectivity index (χ1n) is 8.03. The van der Waals surface area contributed by atoms with Gasteiger partial charge < -0.3 is 4.90 Å². The summed E-state index contributed by atoms with van der Waals surface area (Å²) in [5, 5.41) is 18.7. The van der Waals surface area contributed by atoms with E-state index in [1.165, 1.54) is 12.1 Å². The van der Waals surface area contributed by atoms with Gasteiger partial charge in [-0.25, -0.2) is 32.1 Å². The minimum Gasteiger partial charge on any atom is -0.325 e. The molecule has 0 fully saturated rings. The molecule has 3 N–H and O–H groups in total. The molecule has 3 aromatic rings. The lowest BCUT2D eigenvalue weighted by atomic mass is 10.1. The fourth-order valence-corrected chi connectivity index (χ4v) is 5.68. The molecule has 0 spiro atoms. The molecule has 0 amide bonds. The summed E-state index contributed by atoms with van der Waals surface area (Å²) in [6.45, 7) is 0.517. The maximum absolute atomic E-state index is 12.4. The van der Waals surface area contributed by atoms with Gasteiger partial charge in [-0.05, 0) is 40.6 Å². The minimum absolute atomic E-state index is 0.0195. The van der Waals surface area contributed by atoms with E-state index in [2.05, 4.69) is 25.6 Å². The predicted octanol–water partition coefficient (Wildman–Crippen LogP) is 0.00680. The second-order valence-electron chi connectivity index (χ2n) is 6.24. The van der Waals surface area contributed by atoms with Crippen LogP contribution in [0.5, 0.6) is 0 Å². The van der Waals surface area contributed by atoms with Crippen molar-refractivity contribution < 1.29 is 16.8 Å². The molecule has 2 aromatic heterocycles. The van der Waals surface area contributed by atoms with E-state index in [-0.39, 0.29) is 11.4 Å². The number of fused-ring (bicyclic) bond motifs is 1. The van der Waals surface area contributed by atoms with Crippen molar-refractivity contribution in [2.75, 3.05) is 17.7 Å². The normalized spacial score (nSPS) is 14.3. The van der Waals surface area contributed by atoms with Crippen LogP contribution in [0.1, 0.15) is 5.56 Å². The van der Waals surface area contributed by atoms with Gasteiger partial charge in [0.05, 0.1) is 16.1 Å². The van der Waals surface area contributed by atoms with Crippen LogP contribution in [-0.4, -0.2) is 55.2 Å². The molecule has 0 atom stereocenters. The Morgan fingerprint density at radius 3 is 2.61 bits per heavy atom. The lowest BCUT2D eigenvalue weighted by Crippen LogP contribution is -2.22. The highest BCUT2D eigenvalue weighted by molar-refractivity contribution is 7.93. The highest BCUT2D eigenvalue weighted by Gasteiger charge is 2.33. The summed E-state index contributed by atoms with van der Waals surface area (Å²) in [7, 11) is -8.35. The van der Waals surface area contributed by atoms with E-state index in [1.807, 2.05) is 12.1 Å². The highest BCUT2D eigenvalue weighted by Crippen LogP contribution is 2.42. The zero-order valence-electron chi connectivity index (χ0n) is 14.6. The molecule has 0 bridgehead atoms. The Morgan fingerprint density at radius 2 is 1.96 bits per heavy atom. The van der Waals surface area contributed by atoms with Gasteiger partial charge in [0, 0.05) is 19.0 Å². The topological polar surface area (TPSA) is 165 Å². The fraction of sp³-hybridized carbons (Fsp3) is 0.200. The Labute approximate surface area is 160 Å². The van der Waals surface area contributed by atoms with Crippen LogP contribution in [0.4, 0.5) is 11.5 Å². The van der Waals surface area contributed by atoms with Gasteiger partial charge in [0.25, 0.3) is 0 Å². The number of sulfone groups is 1. The van der Waals surface area contributed by atoms with E-state index >= 15 is 0 Å². The first-order valence-corrected chi connectivity index (χ1v) is 11.5. The quantitative estimate of drug-likeness (QED) is 0.590. The number of H-pyrrole nitrogens is 1. The van der Waals surface area contributed by atoms with Crippen molar-refractivity contribution in [3.63, 3.8) is 0 Å². The maximum atomic E-state index is 12.4. The van der Waals surface area contributed by atoms with E-state index in [0.29, 0.717) is 24.5 Å². The molecule has 11 nitrogen and oxygen atoms in total. The van der Waals surface area contributed by atoms with Crippen molar-refractivity contribution in [3.8, 4) is 11.4 Å². The Hall–Kier alpha value is -2.90. The van der Waals surface area contributed by atoms with E-state index in [0.717, 1.165) is 11.8 Å². The van der Waals surface area contributed by atoms with E-state index < -0.39 is 29.7 Å². The van der Waals surface area contributed by atoms with E-state index in [1.54, 1.807) is 11.1 Å². The third-order valence-corrected chi connectivity index (χ3v) is 6.65. The van der Waals surface area contributed by atoms with Crippen LogP contribution >= 0.6 is 0 Å². The van der Waals surface area contributed by atoms with Crippen LogP contribution in [-0.2, 0) is 26.3 Å². The minimum atomic E-state index is -4.44.